The minimum Gasteiger partial charge on any atom is -0.299 e. The lowest BCUT2D eigenvalue weighted by atomic mass is 9.96. The van der Waals surface area contributed by atoms with E-state index in [1.54, 1.807) is 0 Å². The van der Waals surface area contributed by atoms with Crippen molar-refractivity contribution in [2.45, 2.75) is 26.2 Å². The number of benzene rings is 1. The Morgan fingerprint density at radius 1 is 1.25 bits per heavy atom. The van der Waals surface area contributed by atoms with Crippen LogP contribution in [0.3, 0.4) is 0 Å². The molecule has 1 heterocycles. The topological polar surface area (TPSA) is 54.5 Å². The first-order valence-corrected chi connectivity index (χ1v) is 8.68. The summed E-state index contributed by atoms with van der Waals surface area (Å²) in [5.74, 6) is 0.180. The van der Waals surface area contributed by atoms with Gasteiger partial charge in [-0.15, -0.1) is 0 Å². The van der Waals surface area contributed by atoms with Crippen LogP contribution in [0.5, 0.6) is 0 Å². The first kappa shape index (κ1) is 15.2. The van der Waals surface area contributed by atoms with Crippen LogP contribution in [-0.2, 0) is 21.2 Å². The van der Waals surface area contributed by atoms with Crippen LogP contribution in [0.25, 0.3) is 0 Å². The third-order valence-electron chi connectivity index (χ3n) is 3.86. The van der Waals surface area contributed by atoms with E-state index in [1.165, 1.54) is 4.31 Å². The van der Waals surface area contributed by atoms with E-state index in [0.717, 1.165) is 5.56 Å². The Kier molecular flexibility index (Phi) is 4.94. The van der Waals surface area contributed by atoms with Crippen LogP contribution in [0.4, 0.5) is 0 Å². The maximum absolute atomic E-state index is 12.3. The predicted octanol–water partition coefficient (Wildman–Crippen LogP) is 1.86. The number of carbonyl (C=O) groups excluding carboxylic acids is 1. The van der Waals surface area contributed by atoms with Crippen molar-refractivity contribution in [3.63, 3.8) is 0 Å². The summed E-state index contributed by atoms with van der Waals surface area (Å²) in [6.45, 7) is 2.63. The van der Waals surface area contributed by atoms with E-state index in [9.17, 15) is 13.2 Å². The molecule has 1 aromatic carbocycles. The Bertz CT molecular complexity index is 554. The summed E-state index contributed by atoms with van der Waals surface area (Å²) in [5, 5.41) is 0. The quantitative estimate of drug-likeness (QED) is 0.833. The van der Waals surface area contributed by atoms with Gasteiger partial charge in [0.05, 0.1) is 5.75 Å². The standard InChI is InChI=1S/C15H21NO3S/c1-2-14-12-16(10-8-15(14)17)20(18,19)11-9-13-6-4-3-5-7-13/h3-7,14H,2,8-12H2,1H3. The summed E-state index contributed by atoms with van der Waals surface area (Å²) in [4.78, 5) is 11.7. The van der Waals surface area contributed by atoms with Gasteiger partial charge < -0.3 is 0 Å². The number of hydrogen-bond acceptors (Lipinski definition) is 3. The van der Waals surface area contributed by atoms with Crippen LogP contribution in [0, 0.1) is 5.92 Å². The summed E-state index contributed by atoms with van der Waals surface area (Å²) in [7, 11) is -3.27. The van der Waals surface area contributed by atoms with Crippen LogP contribution in [0.15, 0.2) is 30.3 Å². The van der Waals surface area contributed by atoms with Crippen molar-refractivity contribution in [1.29, 1.82) is 0 Å². The van der Waals surface area contributed by atoms with Gasteiger partial charge in [-0.25, -0.2) is 12.7 Å². The molecule has 0 aliphatic carbocycles. The number of sulfonamides is 1. The molecule has 0 N–H and O–H groups in total. The predicted molar refractivity (Wildman–Crippen MR) is 78.9 cm³/mol. The fraction of sp³-hybridized carbons (Fsp3) is 0.533. The van der Waals surface area contributed by atoms with E-state index in [-0.39, 0.29) is 17.5 Å². The van der Waals surface area contributed by atoms with E-state index in [1.807, 2.05) is 37.3 Å². The zero-order valence-electron chi connectivity index (χ0n) is 11.8. The second-order valence-electron chi connectivity index (χ2n) is 5.23. The van der Waals surface area contributed by atoms with Gasteiger partial charge >= 0.3 is 0 Å². The van der Waals surface area contributed by atoms with Gasteiger partial charge in [0.1, 0.15) is 5.78 Å². The van der Waals surface area contributed by atoms with Crippen molar-refractivity contribution >= 4 is 15.8 Å². The number of nitrogens with zero attached hydrogens (tertiary/aromatic N) is 1. The Labute approximate surface area is 120 Å². The highest BCUT2D eigenvalue weighted by molar-refractivity contribution is 7.89. The maximum Gasteiger partial charge on any atom is 0.214 e. The highest BCUT2D eigenvalue weighted by Crippen LogP contribution is 2.19. The molecule has 1 saturated heterocycles. The molecular weight excluding hydrogens is 274 g/mol. The van der Waals surface area contributed by atoms with Gasteiger partial charge in [0.25, 0.3) is 0 Å². The minimum absolute atomic E-state index is 0.113. The lowest BCUT2D eigenvalue weighted by molar-refractivity contribution is -0.125. The highest BCUT2D eigenvalue weighted by atomic mass is 32.2. The second kappa shape index (κ2) is 6.50. The van der Waals surface area contributed by atoms with Crippen LogP contribution >= 0.6 is 0 Å². The van der Waals surface area contributed by atoms with Gasteiger partial charge in [-0.1, -0.05) is 37.3 Å². The molecule has 1 unspecified atom stereocenters. The number of carbonyl (C=O) groups is 1. The van der Waals surface area contributed by atoms with E-state index in [0.29, 0.717) is 32.4 Å². The molecule has 0 bridgehead atoms. The van der Waals surface area contributed by atoms with Crippen molar-refractivity contribution in [2.75, 3.05) is 18.8 Å². The average molecular weight is 295 g/mol. The fourth-order valence-corrected chi connectivity index (χ4v) is 4.04. The van der Waals surface area contributed by atoms with Crippen molar-refractivity contribution in [3.05, 3.63) is 35.9 Å². The summed E-state index contributed by atoms with van der Waals surface area (Å²) < 4.78 is 26.2. The molecule has 1 fully saturated rings. The van der Waals surface area contributed by atoms with Crippen molar-refractivity contribution in [1.82, 2.24) is 4.31 Å². The summed E-state index contributed by atoms with van der Waals surface area (Å²) in [6, 6.07) is 9.61. The zero-order valence-corrected chi connectivity index (χ0v) is 12.6. The van der Waals surface area contributed by atoms with Gasteiger partial charge in [-0.05, 0) is 18.4 Å². The Morgan fingerprint density at radius 3 is 2.60 bits per heavy atom. The van der Waals surface area contributed by atoms with E-state index < -0.39 is 10.0 Å². The van der Waals surface area contributed by atoms with E-state index in [4.69, 9.17) is 0 Å². The molecule has 1 atom stereocenters. The molecule has 0 saturated carbocycles. The van der Waals surface area contributed by atoms with Gasteiger partial charge in [0, 0.05) is 25.4 Å². The number of rotatable bonds is 5. The highest BCUT2D eigenvalue weighted by Gasteiger charge is 2.32. The fourth-order valence-electron chi connectivity index (χ4n) is 2.51. The second-order valence-corrected chi connectivity index (χ2v) is 7.32. The third kappa shape index (κ3) is 3.67. The number of ketones is 1. The van der Waals surface area contributed by atoms with Crippen LogP contribution in [0.2, 0.25) is 0 Å². The molecule has 0 radical (unpaired) electrons. The normalized spacial score (nSPS) is 21.1. The molecule has 1 aliphatic rings. The zero-order chi connectivity index (χ0) is 14.6. The Balaban J connectivity index is 1.98. The maximum atomic E-state index is 12.3. The molecule has 1 aromatic rings. The molecule has 0 spiro atoms. The Morgan fingerprint density at radius 2 is 1.95 bits per heavy atom. The van der Waals surface area contributed by atoms with Crippen LogP contribution in [0.1, 0.15) is 25.3 Å². The summed E-state index contributed by atoms with van der Waals surface area (Å²) in [6.07, 6.45) is 1.58. The molecule has 0 amide bonds. The van der Waals surface area contributed by atoms with Gasteiger partial charge in [0.2, 0.25) is 10.0 Å². The third-order valence-corrected chi connectivity index (χ3v) is 5.70. The summed E-state index contributed by atoms with van der Waals surface area (Å²) in [5.41, 5.74) is 1.02. The van der Waals surface area contributed by atoms with Crippen molar-refractivity contribution in [3.8, 4) is 0 Å². The number of hydrogen-bond donors (Lipinski definition) is 0. The molecule has 5 heteroatoms. The van der Waals surface area contributed by atoms with E-state index in [2.05, 4.69) is 0 Å². The van der Waals surface area contributed by atoms with E-state index >= 15 is 0 Å². The molecule has 4 nitrogen and oxygen atoms in total. The number of Topliss-reactive ketones (excluding diaryl/α,β-unsaturated/α-hetero) is 1. The van der Waals surface area contributed by atoms with Gasteiger partial charge in [0.15, 0.2) is 0 Å². The lowest BCUT2D eigenvalue weighted by Crippen LogP contribution is -2.44. The van der Waals surface area contributed by atoms with Crippen molar-refractivity contribution < 1.29 is 13.2 Å². The monoisotopic (exact) mass is 295 g/mol. The molecule has 1 aliphatic heterocycles. The van der Waals surface area contributed by atoms with Gasteiger partial charge in [-0.3, -0.25) is 4.79 Å². The number of piperidine rings is 1. The lowest BCUT2D eigenvalue weighted by Gasteiger charge is -2.30. The smallest absolute Gasteiger partial charge is 0.214 e. The van der Waals surface area contributed by atoms with Crippen LogP contribution < -0.4 is 0 Å². The average Bonchev–Trinajstić information content (AvgIpc) is 2.46. The molecule has 20 heavy (non-hydrogen) atoms. The molecular formula is C15H21NO3S. The first-order valence-electron chi connectivity index (χ1n) is 7.07. The molecule has 0 aromatic heterocycles. The minimum atomic E-state index is -3.27. The van der Waals surface area contributed by atoms with Crippen molar-refractivity contribution in [2.24, 2.45) is 5.92 Å². The summed E-state index contributed by atoms with van der Waals surface area (Å²) >= 11 is 0. The molecule has 2 rings (SSSR count). The van der Waals surface area contributed by atoms with Gasteiger partial charge in [-0.2, -0.15) is 0 Å². The molecule has 110 valence electrons. The SMILES string of the molecule is CCC1CN(S(=O)(=O)CCc2ccccc2)CCC1=O. The van der Waals surface area contributed by atoms with Crippen LogP contribution in [-0.4, -0.2) is 37.3 Å². The number of aryl methyl sites for hydroxylation is 1. The Hall–Kier alpha value is -1.20. The largest absolute Gasteiger partial charge is 0.299 e. The first-order chi connectivity index (χ1) is 9.53.